The van der Waals surface area contributed by atoms with Gasteiger partial charge in [0.25, 0.3) is 0 Å². The zero-order valence-electron chi connectivity index (χ0n) is 5.54. The first-order chi connectivity index (χ1) is 5.57. The first kappa shape index (κ1) is 9.62. The highest BCUT2D eigenvalue weighted by molar-refractivity contribution is 9.13. The zero-order valence-corrected chi connectivity index (χ0v) is 8.71. The van der Waals surface area contributed by atoms with Gasteiger partial charge in [0.05, 0.1) is 14.5 Å². The third kappa shape index (κ3) is 1.50. The second-order valence-corrected chi connectivity index (χ2v) is 3.55. The van der Waals surface area contributed by atoms with Crippen molar-refractivity contribution >= 4 is 31.9 Å². The fourth-order valence-electron chi connectivity index (χ4n) is 0.654. The van der Waals surface area contributed by atoms with Crippen molar-refractivity contribution < 1.29 is 8.78 Å². The van der Waals surface area contributed by atoms with Gasteiger partial charge in [-0.3, -0.25) is 0 Å². The van der Waals surface area contributed by atoms with Gasteiger partial charge < -0.3 is 0 Å². The van der Waals surface area contributed by atoms with Crippen molar-refractivity contribution in [2.24, 2.45) is 0 Å². The van der Waals surface area contributed by atoms with Crippen LogP contribution in [0.5, 0.6) is 0 Å². The summed E-state index contributed by atoms with van der Waals surface area (Å²) in [6.07, 6.45) is 0. The van der Waals surface area contributed by atoms with Gasteiger partial charge in [-0.15, -0.1) is 0 Å². The van der Waals surface area contributed by atoms with Crippen molar-refractivity contribution in [3.63, 3.8) is 0 Å². The number of nitrogens with zero attached hydrogens (tertiary/aromatic N) is 1. The Hall–Kier alpha value is -0.470. The molecule has 5 heteroatoms. The van der Waals surface area contributed by atoms with Crippen LogP contribution in [0.2, 0.25) is 0 Å². The van der Waals surface area contributed by atoms with Crippen LogP contribution in [0.4, 0.5) is 8.78 Å². The highest BCUT2D eigenvalue weighted by Gasteiger charge is 2.14. The van der Waals surface area contributed by atoms with E-state index in [-0.39, 0.29) is 14.5 Å². The molecule has 0 N–H and O–H groups in total. The molecule has 12 heavy (non-hydrogen) atoms. The van der Waals surface area contributed by atoms with Crippen molar-refractivity contribution in [1.29, 1.82) is 5.26 Å². The molecule has 0 saturated heterocycles. The van der Waals surface area contributed by atoms with E-state index >= 15 is 0 Å². The topological polar surface area (TPSA) is 23.8 Å². The number of hydrogen-bond donors (Lipinski definition) is 0. The van der Waals surface area contributed by atoms with Crippen molar-refractivity contribution in [3.05, 3.63) is 32.2 Å². The Morgan fingerprint density at radius 2 is 1.83 bits per heavy atom. The van der Waals surface area contributed by atoms with Crippen LogP contribution in [0.15, 0.2) is 15.0 Å². The van der Waals surface area contributed by atoms with E-state index in [1.54, 1.807) is 0 Å². The lowest BCUT2D eigenvalue weighted by Gasteiger charge is -2.00. The van der Waals surface area contributed by atoms with Crippen LogP contribution < -0.4 is 0 Å². The largest absolute Gasteiger partial charge is 0.206 e. The summed E-state index contributed by atoms with van der Waals surface area (Å²) in [6.45, 7) is 0. The minimum absolute atomic E-state index is 0.0148. The molecule has 0 spiro atoms. The smallest absolute Gasteiger partial charge is 0.156 e. The van der Waals surface area contributed by atoms with Crippen LogP contribution in [0.3, 0.4) is 0 Å². The molecule has 0 atom stereocenters. The maximum atomic E-state index is 13.0. The van der Waals surface area contributed by atoms with Crippen LogP contribution >= 0.6 is 31.9 Å². The van der Waals surface area contributed by atoms with Crippen molar-refractivity contribution in [3.8, 4) is 6.07 Å². The molecule has 0 amide bonds. The van der Waals surface area contributed by atoms with Gasteiger partial charge in [0.1, 0.15) is 11.9 Å². The molecule has 1 nitrogen and oxygen atoms in total. The van der Waals surface area contributed by atoms with E-state index in [9.17, 15) is 8.78 Å². The van der Waals surface area contributed by atoms with Gasteiger partial charge in [0.15, 0.2) is 5.82 Å². The fraction of sp³-hybridized carbons (Fsp3) is 0. The second kappa shape index (κ2) is 3.50. The van der Waals surface area contributed by atoms with Crippen LogP contribution in [0, 0.1) is 23.0 Å². The van der Waals surface area contributed by atoms with E-state index < -0.39 is 11.6 Å². The Morgan fingerprint density at radius 3 is 2.33 bits per heavy atom. The summed E-state index contributed by atoms with van der Waals surface area (Å²) in [5.41, 5.74) is -0.317. The molecule has 62 valence electrons. The molecule has 0 aromatic heterocycles. The van der Waals surface area contributed by atoms with Gasteiger partial charge in [-0.25, -0.2) is 8.78 Å². The molecule has 0 aliphatic rings. The minimum Gasteiger partial charge on any atom is -0.206 e. The lowest BCUT2D eigenvalue weighted by atomic mass is 10.2. The molecule has 0 aliphatic heterocycles. The lowest BCUT2D eigenvalue weighted by Crippen LogP contribution is -1.90. The molecule has 0 radical (unpaired) electrons. The second-order valence-electron chi connectivity index (χ2n) is 1.96. The molecule has 1 rings (SSSR count). The number of halogens is 4. The molecule has 1 aromatic carbocycles. The lowest BCUT2D eigenvalue weighted by molar-refractivity contribution is 0.585. The predicted octanol–water partition coefficient (Wildman–Crippen LogP) is 3.36. The van der Waals surface area contributed by atoms with Crippen LogP contribution in [0.25, 0.3) is 0 Å². The number of hydrogen-bond acceptors (Lipinski definition) is 1. The maximum Gasteiger partial charge on any atom is 0.156 e. The highest BCUT2D eigenvalue weighted by Crippen LogP contribution is 2.30. The van der Waals surface area contributed by atoms with Crippen LogP contribution in [-0.4, -0.2) is 0 Å². The molecule has 0 saturated carbocycles. The quantitative estimate of drug-likeness (QED) is 0.532. The Bertz CT molecular complexity index is 371. The summed E-state index contributed by atoms with van der Waals surface area (Å²) < 4.78 is 25.7. The normalized spacial score (nSPS) is 9.58. The van der Waals surface area contributed by atoms with E-state index in [4.69, 9.17) is 5.26 Å². The van der Waals surface area contributed by atoms with Gasteiger partial charge in [-0.05, 0) is 37.9 Å². The first-order valence-corrected chi connectivity index (χ1v) is 4.39. The van der Waals surface area contributed by atoms with Crippen LogP contribution in [0.1, 0.15) is 5.56 Å². The number of rotatable bonds is 0. The number of benzene rings is 1. The molecule has 1 aromatic rings. The molecule has 0 bridgehead atoms. The van der Waals surface area contributed by atoms with Gasteiger partial charge in [0.2, 0.25) is 0 Å². The SMILES string of the molecule is N#Cc1cc(F)c(Br)c(Br)c1F. The highest BCUT2D eigenvalue weighted by atomic mass is 79.9. The molecule has 0 aliphatic carbocycles. The first-order valence-electron chi connectivity index (χ1n) is 2.81. The summed E-state index contributed by atoms with van der Waals surface area (Å²) in [5.74, 6) is -1.43. The van der Waals surface area contributed by atoms with Gasteiger partial charge in [-0.1, -0.05) is 0 Å². The van der Waals surface area contributed by atoms with Gasteiger partial charge in [0, 0.05) is 0 Å². The summed E-state index contributed by atoms with van der Waals surface area (Å²) in [7, 11) is 0. The van der Waals surface area contributed by atoms with E-state index in [0.717, 1.165) is 6.07 Å². The fourth-order valence-corrected chi connectivity index (χ4v) is 1.35. The van der Waals surface area contributed by atoms with Crippen LogP contribution in [-0.2, 0) is 0 Å². The van der Waals surface area contributed by atoms with E-state index in [0.29, 0.717) is 0 Å². The van der Waals surface area contributed by atoms with E-state index in [1.165, 1.54) is 6.07 Å². The Morgan fingerprint density at radius 1 is 1.25 bits per heavy atom. The standard InChI is InChI=1S/C7HBr2F2N/c8-5-4(10)1-3(2-12)7(11)6(5)9/h1H. The Labute approximate surface area is 84.3 Å². The maximum absolute atomic E-state index is 13.0. The third-order valence-electron chi connectivity index (χ3n) is 1.22. The zero-order chi connectivity index (χ0) is 9.30. The average molecular weight is 297 g/mol. The summed E-state index contributed by atoms with van der Waals surface area (Å²) >= 11 is 5.63. The molecule has 0 fully saturated rings. The summed E-state index contributed by atoms with van der Waals surface area (Å²) in [5, 5.41) is 8.37. The Balaban J connectivity index is 3.52. The predicted molar refractivity (Wildman–Crippen MR) is 46.5 cm³/mol. The number of nitriles is 1. The third-order valence-corrected chi connectivity index (χ3v) is 3.28. The minimum atomic E-state index is -0.759. The molecule has 0 unspecified atom stereocenters. The molecular weight excluding hydrogens is 296 g/mol. The average Bonchev–Trinajstić information content (AvgIpc) is 2.08. The Kier molecular flexibility index (Phi) is 2.80. The van der Waals surface area contributed by atoms with Gasteiger partial charge >= 0.3 is 0 Å². The monoisotopic (exact) mass is 295 g/mol. The van der Waals surface area contributed by atoms with E-state index in [2.05, 4.69) is 31.9 Å². The summed E-state index contributed by atoms with van der Waals surface area (Å²) in [6, 6.07) is 2.38. The van der Waals surface area contributed by atoms with Crippen molar-refractivity contribution in [1.82, 2.24) is 0 Å². The van der Waals surface area contributed by atoms with Crippen molar-refractivity contribution in [2.45, 2.75) is 0 Å². The summed E-state index contributed by atoms with van der Waals surface area (Å²) in [4.78, 5) is 0. The van der Waals surface area contributed by atoms with Crippen molar-refractivity contribution in [2.75, 3.05) is 0 Å². The molecular formula is C7HBr2F2N. The van der Waals surface area contributed by atoms with E-state index in [1.807, 2.05) is 0 Å². The van der Waals surface area contributed by atoms with Gasteiger partial charge in [-0.2, -0.15) is 5.26 Å². The molecule has 0 heterocycles.